The van der Waals surface area contributed by atoms with Gasteiger partial charge in [0, 0.05) is 6.54 Å². The van der Waals surface area contributed by atoms with E-state index in [1.54, 1.807) is 0 Å². The van der Waals surface area contributed by atoms with Crippen LogP contribution in [0.1, 0.15) is 12.5 Å². The monoisotopic (exact) mass is 285 g/mol. The first-order chi connectivity index (χ1) is 8.84. The summed E-state index contributed by atoms with van der Waals surface area (Å²) in [5.74, 6) is -1.76. The molecule has 8 heteroatoms. The molecule has 1 aromatic rings. The first kappa shape index (κ1) is 15.1. The molecule has 19 heavy (non-hydrogen) atoms. The Morgan fingerprint density at radius 1 is 1.53 bits per heavy atom. The average Bonchev–Trinajstić information content (AvgIpc) is 2.35. The molecule has 0 aliphatic heterocycles. The van der Waals surface area contributed by atoms with Crippen LogP contribution in [0.3, 0.4) is 0 Å². The zero-order valence-electron chi connectivity index (χ0n) is 10.1. The highest BCUT2D eigenvalue weighted by atomic mass is 32.2. The van der Waals surface area contributed by atoms with Gasteiger partial charge in [-0.1, -0.05) is 13.0 Å². The lowest BCUT2D eigenvalue weighted by Gasteiger charge is -2.19. The molecule has 0 atom stereocenters. The second-order valence-corrected chi connectivity index (χ2v) is 5.53. The minimum Gasteiger partial charge on any atom is -0.369 e. The van der Waals surface area contributed by atoms with Crippen molar-refractivity contribution in [2.45, 2.75) is 11.8 Å². The normalized spacial score (nSPS) is 11.3. The topological polar surface area (TPSA) is 104 Å². The summed E-state index contributed by atoms with van der Waals surface area (Å²) >= 11 is 0. The summed E-state index contributed by atoms with van der Waals surface area (Å²) in [4.78, 5) is 10.4. The standard InChI is InChI=1S/C11H12FN3O3S/c1-2-15(7-11(14)16)19(17,18)10-5-3-4-9(12)8(10)6-13/h3-5H,2,7H2,1H3,(H2,14,16). The smallest absolute Gasteiger partial charge is 0.244 e. The number of hydrogen-bond acceptors (Lipinski definition) is 4. The van der Waals surface area contributed by atoms with Gasteiger partial charge in [0.05, 0.1) is 6.54 Å². The fourth-order valence-electron chi connectivity index (χ4n) is 1.51. The first-order valence-corrected chi connectivity index (χ1v) is 6.75. The maximum atomic E-state index is 13.4. The molecule has 102 valence electrons. The quantitative estimate of drug-likeness (QED) is 0.833. The number of benzene rings is 1. The van der Waals surface area contributed by atoms with Gasteiger partial charge in [0.15, 0.2) is 0 Å². The van der Waals surface area contributed by atoms with Gasteiger partial charge in [0.1, 0.15) is 22.3 Å². The lowest BCUT2D eigenvalue weighted by Crippen LogP contribution is -2.38. The van der Waals surface area contributed by atoms with E-state index < -0.39 is 38.8 Å². The van der Waals surface area contributed by atoms with Crippen molar-refractivity contribution >= 4 is 15.9 Å². The van der Waals surface area contributed by atoms with Crippen LogP contribution in [0.2, 0.25) is 0 Å². The molecular formula is C11H12FN3O3S. The number of amides is 1. The highest BCUT2D eigenvalue weighted by molar-refractivity contribution is 7.89. The Morgan fingerprint density at radius 3 is 2.63 bits per heavy atom. The van der Waals surface area contributed by atoms with Crippen molar-refractivity contribution in [2.24, 2.45) is 5.73 Å². The summed E-state index contributed by atoms with van der Waals surface area (Å²) in [7, 11) is -4.14. The molecule has 0 unspecified atom stereocenters. The van der Waals surface area contributed by atoms with E-state index in [1.807, 2.05) is 0 Å². The summed E-state index contributed by atoms with van der Waals surface area (Å²) < 4.78 is 38.7. The Balaban J connectivity index is 3.39. The summed E-state index contributed by atoms with van der Waals surface area (Å²) in [5, 5.41) is 8.83. The molecule has 0 radical (unpaired) electrons. The van der Waals surface area contributed by atoms with Crippen molar-refractivity contribution in [3.8, 4) is 6.07 Å². The van der Waals surface area contributed by atoms with E-state index in [4.69, 9.17) is 11.0 Å². The molecule has 0 aliphatic rings. The number of rotatable bonds is 5. The van der Waals surface area contributed by atoms with Crippen LogP contribution in [0.5, 0.6) is 0 Å². The van der Waals surface area contributed by atoms with Crippen molar-refractivity contribution in [2.75, 3.05) is 13.1 Å². The number of primary amides is 1. The number of nitrogens with zero attached hydrogens (tertiary/aromatic N) is 2. The van der Waals surface area contributed by atoms with Crippen molar-refractivity contribution in [1.82, 2.24) is 4.31 Å². The zero-order valence-corrected chi connectivity index (χ0v) is 10.9. The Morgan fingerprint density at radius 2 is 2.16 bits per heavy atom. The van der Waals surface area contributed by atoms with Crippen LogP contribution in [-0.2, 0) is 14.8 Å². The van der Waals surface area contributed by atoms with Crippen LogP contribution < -0.4 is 5.73 Å². The van der Waals surface area contributed by atoms with Gasteiger partial charge >= 0.3 is 0 Å². The lowest BCUT2D eigenvalue weighted by molar-refractivity contribution is -0.118. The summed E-state index contributed by atoms with van der Waals surface area (Å²) in [6.45, 7) is 0.957. The van der Waals surface area contributed by atoms with E-state index in [1.165, 1.54) is 19.1 Å². The maximum absolute atomic E-state index is 13.4. The molecule has 0 fully saturated rings. The SMILES string of the molecule is CCN(CC(N)=O)S(=O)(=O)c1cccc(F)c1C#N. The Kier molecular flexibility index (Phi) is 4.58. The molecule has 1 rings (SSSR count). The van der Waals surface area contributed by atoms with Gasteiger partial charge in [0.2, 0.25) is 15.9 Å². The number of likely N-dealkylation sites (N-methyl/N-ethyl adjacent to an activating group) is 1. The summed E-state index contributed by atoms with van der Waals surface area (Å²) in [5.41, 5.74) is 4.38. The Bertz CT molecular complexity index is 637. The number of nitrogens with two attached hydrogens (primary N) is 1. The number of sulfonamides is 1. The molecular weight excluding hydrogens is 273 g/mol. The summed E-state index contributed by atoms with van der Waals surface area (Å²) in [6, 6.07) is 4.79. The molecule has 0 bridgehead atoms. The zero-order chi connectivity index (χ0) is 14.6. The second-order valence-electron chi connectivity index (χ2n) is 3.62. The largest absolute Gasteiger partial charge is 0.369 e. The van der Waals surface area contributed by atoms with Crippen molar-refractivity contribution in [3.05, 3.63) is 29.6 Å². The van der Waals surface area contributed by atoms with Gasteiger partial charge in [-0.25, -0.2) is 12.8 Å². The van der Waals surface area contributed by atoms with Gasteiger partial charge in [-0.2, -0.15) is 9.57 Å². The average molecular weight is 285 g/mol. The predicted molar refractivity (Wildman–Crippen MR) is 64.7 cm³/mol. The minimum absolute atomic E-state index is 0.0212. The molecule has 0 aliphatic carbocycles. The van der Waals surface area contributed by atoms with Crippen molar-refractivity contribution < 1.29 is 17.6 Å². The van der Waals surface area contributed by atoms with E-state index in [9.17, 15) is 17.6 Å². The lowest BCUT2D eigenvalue weighted by atomic mass is 10.2. The van der Waals surface area contributed by atoms with Gasteiger partial charge in [-0.3, -0.25) is 4.79 Å². The fraction of sp³-hybridized carbons (Fsp3) is 0.273. The maximum Gasteiger partial charge on any atom is 0.244 e. The number of carbonyl (C=O) groups excluding carboxylic acids is 1. The van der Waals surface area contributed by atoms with E-state index in [2.05, 4.69) is 0 Å². The van der Waals surface area contributed by atoms with E-state index in [0.29, 0.717) is 0 Å². The fourth-order valence-corrected chi connectivity index (χ4v) is 3.07. The van der Waals surface area contributed by atoms with Crippen molar-refractivity contribution in [1.29, 1.82) is 5.26 Å². The number of nitriles is 1. The number of halogens is 1. The molecule has 0 aromatic heterocycles. The Hall–Kier alpha value is -1.98. The van der Waals surface area contributed by atoms with Gasteiger partial charge in [-0.05, 0) is 12.1 Å². The third-order valence-electron chi connectivity index (χ3n) is 2.39. The third-order valence-corrected chi connectivity index (χ3v) is 4.35. The molecule has 1 amide bonds. The van der Waals surface area contributed by atoms with E-state index in [0.717, 1.165) is 16.4 Å². The highest BCUT2D eigenvalue weighted by Gasteiger charge is 2.28. The van der Waals surface area contributed by atoms with Crippen LogP contribution in [0.25, 0.3) is 0 Å². The van der Waals surface area contributed by atoms with Gasteiger partial charge in [0.25, 0.3) is 0 Å². The molecule has 1 aromatic carbocycles. The molecule has 0 spiro atoms. The number of carbonyl (C=O) groups is 1. The van der Waals surface area contributed by atoms with Crippen molar-refractivity contribution in [3.63, 3.8) is 0 Å². The van der Waals surface area contributed by atoms with Crippen LogP contribution in [-0.4, -0.2) is 31.7 Å². The molecule has 2 N–H and O–H groups in total. The second kappa shape index (κ2) is 5.77. The van der Waals surface area contributed by atoms with Crippen LogP contribution in [0.15, 0.2) is 23.1 Å². The minimum atomic E-state index is -4.14. The Labute approximate surface area is 110 Å². The third kappa shape index (κ3) is 3.07. The molecule has 0 saturated carbocycles. The van der Waals surface area contributed by atoms with Crippen LogP contribution >= 0.6 is 0 Å². The predicted octanol–water partition coefficient (Wildman–Crippen LogP) is 0.193. The van der Waals surface area contributed by atoms with E-state index in [-0.39, 0.29) is 6.54 Å². The van der Waals surface area contributed by atoms with Crippen LogP contribution in [0, 0.1) is 17.1 Å². The molecule has 0 heterocycles. The molecule has 6 nitrogen and oxygen atoms in total. The van der Waals surface area contributed by atoms with Crippen LogP contribution in [0.4, 0.5) is 4.39 Å². The van der Waals surface area contributed by atoms with Gasteiger partial charge < -0.3 is 5.73 Å². The summed E-state index contributed by atoms with van der Waals surface area (Å²) in [6.07, 6.45) is 0. The number of hydrogen-bond donors (Lipinski definition) is 1. The van der Waals surface area contributed by atoms with E-state index >= 15 is 0 Å². The first-order valence-electron chi connectivity index (χ1n) is 5.31. The highest BCUT2D eigenvalue weighted by Crippen LogP contribution is 2.21. The van der Waals surface area contributed by atoms with Gasteiger partial charge in [-0.15, -0.1) is 0 Å². The molecule has 0 saturated heterocycles.